The predicted octanol–water partition coefficient (Wildman–Crippen LogP) is 0.588. The van der Waals surface area contributed by atoms with Gasteiger partial charge in [0, 0.05) is 6.04 Å². The SMILES string of the molecule is CC1(C(=O)O)CC[C@H](N)C1. The van der Waals surface area contributed by atoms with Crippen LogP contribution in [0.1, 0.15) is 26.2 Å². The third-order valence-electron chi connectivity index (χ3n) is 2.30. The highest BCUT2D eigenvalue weighted by Gasteiger charge is 2.39. The molecule has 0 aromatic carbocycles. The molecule has 1 saturated carbocycles. The predicted molar refractivity (Wildman–Crippen MR) is 37.6 cm³/mol. The van der Waals surface area contributed by atoms with Crippen LogP contribution in [0, 0.1) is 5.41 Å². The number of rotatable bonds is 1. The fraction of sp³-hybridized carbons (Fsp3) is 0.857. The number of aliphatic carboxylic acids is 1. The summed E-state index contributed by atoms with van der Waals surface area (Å²) < 4.78 is 0. The Balaban J connectivity index is 2.63. The third-order valence-corrected chi connectivity index (χ3v) is 2.30. The molecule has 0 saturated heterocycles. The van der Waals surface area contributed by atoms with Crippen molar-refractivity contribution < 1.29 is 9.90 Å². The van der Waals surface area contributed by atoms with Gasteiger partial charge in [0.25, 0.3) is 0 Å². The lowest BCUT2D eigenvalue weighted by Gasteiger charge is -2.16. The molecular weight excluding hydrogens is 130 g/mol. The van der Waals surface area contributed by atoms with Crippen molar-refractivity contribution in [2.45, 2.75) is 32.2 Å². The fourth-order valence-electron chi connectivity index (χ4n) is 1.48. The van der Waals surface area contributed by atoms with Crippen LogP contribution >= 0.6 is 0 Å². The van der Waals surface area contributed by atoms with E-state index in [4.69, 9.17) is 10.8 Å². The van der Waals surface area contributed by atoms with E-state index in [9.17, 15) is 4.79 Å². The van der Waals surface area contributed by atoms with E-state index in [2.05, 4.69) is 0 Å². The maximum Gasteiger partial charge on any atom is 0.309 e. The minimum Gasteiger partial charge on any atom is -0.481 e. The lowest BCUT2D eigenvalue weighted by molar-refractivity contribution is -0.147. The lowest BCUT2D eigenvalue weighted by Crippen LogP contribution is -2.26. The van der Waals surface area contributed by atoms with Gasteiger partial charge in [-0.3, -0.25) is 4.79 Å². The van der Waals surface area contributed by atoms with E-state index >= 15 is 0 Å². The summed E-state index contributed by atoms with van der Waals surface area (Å²) in [6.45, 7) is 1.77. The lowest BCUT2D eigenvalue weighted by atomic mass is 9.89. The highest BCUT2D eigenvalue weighted by molar-refractivity contribution is 5.74. The number of nitrogens with two attached hydrogens (primary N) is 1. The molecule has 1 aliphatic carbocycles. The van der Waals surface area contributed by atoms with Crippen LogP contribution in [0.3, 0.4) is 0 Å². The summed E-state index contributed by atoms with van der Waals surface area (Å²) in [5.41, 5.74) is 5.04. The zero-order valence-electron chi connectivity index (χ0n) is 6.13. The molecule has 0 aromatic heterocycles. The Bertz CT molecular complexity index is 158. The first-order valence-electron chi connectivity index (χ1n) is 3.53. The van der Waals surface area contributed by atoms with Gasteiger partial charge >= 0.3 is 5.97 Å². The summed E-state index contributed by atoms with van der Waals surface area (Å²) in [6.07, 6.45) is 2.20. The molecule has 0 aliphatic heterocycles. The van der Waals surface area contributed by atoms with Crippen LogP contribution in [0.15, 0.2) is 0 Å². The Kier molecular flexibility index (Phi) is 1.68. The van der Waals surface area contributed by atoms with E-state index in [1.54, 1.807) is 6.92 Å². The molecule has 0 radical (unpaired) electrons. The molecule has 1 aliphatic rings. The van der Waals surface area contributed by atoms with Gasteiger partial charge in [0.2, 0.25) is 0 Å². The molecule has 1 unspecified atom stereocenters. The van der Waals surface area contributed by atoms with Gasteiger partial charge in [0.1, 0.15) is 0 Å². The zero-order valence-corrected chi connectivity index (χ0v) is 6.13. The van der Waals surface area contributed by atoms with Gasteiger partial charge in [0.05, 0.1) is 5.41 Å². The maximum absolute atomic E-state index is 10.6. The monoisotopic (exact) mass is 143 g/mol. The molecule has 2 atom stereocenters. The van der Waals surface area contributed by atoms with Crippen molar-refractivity contribution in [3.05, 3.63) is 0 Å². The zero-order chi connectivity index (χ0) is 7.78. The van der Waals surface area contributed by atoms with E-state index < -0.39 is 11.4 Å². The Morgan fingerprint density at radius 2 is 2.40 bits per heavy atom. The minimum atomic E-state index is -0.708. The fourth-order valence-corrected chi connectivity index (χ4v) is 1.48. The summed E-state index contributed by atoms with van der Waals surface area (Å²) in [7, 11) is 0. The standard InChI is InChI=1S/C7H13NO2/c1-7(6(9)10)3-2-5(8)4-7/h5H,2-4,8H2,1H3,(H,9,10)/t5-,7?/m0/s1. The van der Waals surface area contributed by atoms with Crippen LogP contribution in [-0.4, -0.2) is 17.1 Å². The molecule has 0 amide bonds. The average Bonchev–Trinajstić information content (AvgIpc) is 2.13. The van der Waals surface area contributed by atoms with Crippen molar-refractivity contribution in [1.29, 1.82) is 0 Å². The second-order valence-electron chi connectivity index (χ2n) is 3.37. The second kappa shape index (κ2) is 2.23. The molecule has 3 N–H and O–H groups in total. The van der Waals surface area contributed by atoms with E-state index in [1.807, 2.05) is 0 Å². The van der Waals surface area contributed by atoms with E-state index in [0.717, 1.165) is 12.8 Å². The third kappa shape index (κ3) is 1.14. The van der Waals surface area contributed by atoms with Crippen LogP contribution < -0.4 is 5.73 Å². The maximum atomic E-state index is 10.6. The Labute approximate surface area is 60.2 Å². The summed E-state index contributed by atoms with van der Waals surface area (Å²) >= 11 is 0. The van der Waals surface area contributed by atoms with Gasteiger partial charge in [-0.25, -0.2) is 0 Å². The largest absolute Gasteiger partial charge is 0.481 e. The number of hydrogen-bond donors (Lipinski definition) is 2. The highest BCUT2D eigenvalue weighted by atomic mass is 16.4. The Morgan fingerprint density at radius 1 is 1.80 bits per heavy atom. The minimum absolute atomic E-state index is 0.0982. The molecule has 1 fully saturated rings. The summed E-state index contributed by atoms with van der Waals surface area (Å²) in [6, 6.07) is 0.0982. The summed E-state index contributed by atoms with van der Waals surface area (Å²) in [4.78, 5) is 10.6. The van der Waals surface area contributed by atoms with Crippen molar-refractivity contribution in [1.82, 2.24) is 0 Å². The van der Waals surface area contributed by atoms with Crippen LogP contribution in [0.25, 0.3) is 0 Å². The van der Waals surface area contributed by atoms with E-state index in [0.29, 0.717) is 6.42 Å². The normalized spacial score (nSPS) is 40.0. The van der Waals surface area contributed by atoms with Crippen molar-refractivity contribution in [2.75, 3.05) is 0 Å². The van der Waals surface area contributed by atoms with Crippen LogP contribution in [0.4, 0.5) is 0 Å². The number of carbonyl (C=O) groups is 1. The average molecular weight is 143 g/mol. The molecule has 3 nitrogen and oxygen atoms in total. The highest BCUT2D eigenvalue weighted by Crippen LogP contribution is 2.36. The van der Waals surface area contributed by atoms with Crippen LogP contribution in [-0.2, 0) is 4.79 Å². The molecule has 58 valence electrons. The van der Waals surface area contributed by atoms with Gasteiger partial charge in [-0.15, -0.1) is 0 Å². The topological polar surface area (TPSA) is 63.3 Å². The molecular formula is C7H13NO2. The first-order valence-corrected chi connectivity index (χ1v) is 3.53. The van der Waals surface area contributed by atoms with Crippen molar-refractivity contribution in [3.8, 4) is 0 Å². The van der Waals surface area contributed by atoms with Gasteiger partial charge in [-0.05, 0) is 26.2 Å². The quantitative estimate of drug-likeness (QED) is 0.564. The van der Waals surface area contributed by atoms with Gasteiger partial charge in [-0.1, -0.05) is 0 Å². The van der Waals surface area contributed by atoms with Crippen molar-refractivity contribution in [2.24, 2.45) is 11.1 Å². The van der Waals surface area contributed by atoms with Gasteiger partial charge in [-0.2, -0.15) is 0 Å². The second-order valence-corrected chi connectivity index (χ2v) is 3.37. The van der Waals surface area contributed by atoms with Gasteiger partial charge < -0.3 is 10.8 Å². The van der Waals surface area contributed by atoms with E-state index in [-0.39, 0.29) is 6.04 Å². The molecule has 1 rings (SSSR count). The van der Waals surface area contributed by atoms with Crippen molar-refractivity contribution in [3.63, 3.8) is 0 Å². The van der Waals surface area contributed by atoms with Crippen molar-refractivity contribution >= 4 is 5.97 Å². The molecule has 0 aromatic rings. The summed E-state index contributed by atoms with van der Waals surface area (Å²) in [5, 5.41) is 8.73. The van der Waals surface area contributed by atoms with E-state index in [1.165, 1.54) is 0 Å². The van der Waals surface area contributed by atoms with Crippen LogP contribution in [0.2, 0.25) is 0 Å². The Hall–Kier alpha value is -0.570. The smallest absolute Gasteiger partial charge is 0.309 e. The molecule has 0 spiro atoms. The molecule has 0 bridgehead atoms. The first-order chi connectivity index (χ1) is 4.54. The first kappa shape index (κ1) is 7.54. The van der Waals surface area contributed by atoms with Gasteiger partial charge in [0.15, 0.2) is 0 Å². The molecule has 10 heavy (non-hydrogen) atoms. The number of hydrogen-bond acceptors (Lipinski definition) is 2. The van der Waals surface area contributed by atoms with Crippen LogP contribution in [0.5, 0.6) is 0 Å². The molecule has 0 heterocycles. The number of carboxylic acid groups (broad SMARTS) is 1. The molecule has 3 heteroatoms. The summed E-state index contributed by atoms with van der Waals surface area (Å²) in [5.74, 6) is -0.708. The number of carboxylic acids is 1. The Morgan fingerprint density at radius 3 is 2.60 bits per heavy atom.